The molecule has 19 heavy (non-hydrogen) atoms. The van der Waals surface area contributed by atoms with Crippen LogP contribution >= 0.6 is 0 Å². The number of rotatable bonds is 5. The molecule has 2 heteroatoms. The van der Waals surface area contributed by atoms with Gasteiger partial charge in [0.2, 0.25) is 0 Å². The topological polar surface area (TPSA) is 20.2 Å². The van der Waals surface area contributed by atoms with Crippen LogP contribution in [0.1, 0.15) is 59.4 Å². The van der Waals surface area contributed by atoms with Gasteiger partial charge in [-0.25, -0.2) is 0 Å². The molecule has 1 atom stereocenters. The van der Waals surface area contributed by atoms with Gasteiger partial charge in [-0.2, -0.15) is 0 Å². The van der Waals surface area contributed by atoms with Gasteiger partial charge < -0.3 is 5.11 Å². The quantitative estimate of drug-likeness (QED) is 0.815. The Morgan fingerprint density at radius 1 is 1.05 bits per heavy atom. The maximum absolute atomic E-state index is 9.90. The Morgan fingerprint density at radius 2 is 1.58 bits per heavy atom. The van der Waals surface area contributed by atoms with E-state index >= 15 is 0 Å². The first-order valence-electron chi connectivity index (χ1n) is 7.26. The maximum Gasteiger partial charge on any atom is 0.0667 e. The molecule has 1 nitrogen and oxygen atoms in total. The summed E-state index contributed by atoms with van der Waals surface area (Å²) >= 11 is 0. The molecular formula is C17H30OY. The Hall–Kier alpha value is 0.284. The Morgan fingerprint density at radius 3 is 1.79 bits per heavy atom. The molecule has 1 aromatic carbocycles. The predicted octanol–water partition coefficient (Wildman–Crippen LogP) is 4.83. The number of hydrogen-bond donors (Lipinski definition) is 1. The summed E-state index contributed by atoms with van der Waals surface area (Å²) in [5, 5.41) is 9.90. The van der Waals surface area contributed by atoms with Crippen LogP contribution in [0.4, 0.5) is 0 Å². The van der Waals surface area contributed by atoms with Crippen molar-refractivity contribution in [2.45, 2.75) is 65.9 Å². The Bertz CT molecular complexity index is 297. The summed E-state index contributed by atoms with van der Waals surface area (Å²) in [4.78, 5) is 0. The Kier molecular flexibility index (Phi) is 13.7. The van der Waals surface area contributed by atoms with Crippen LogP contribution in [0, 0.1) is 5.92 Å². The molecule has 0 amide bonds. The summed E-state index contributed by atoms with van der Waals surface area (Å²) in [7, 11) is 0. The van der Waals surface area contributed by atoms with E-state index in [4.69, 9.17) is 0 Å². The molecule has 0 aliphatic carbocycles. The van der Waals surface area contributed by atoms with Crippen LogP contribution < -0.4 is 0 Å². The van der Waals surface area contributed by atoms with Gasteiger partial charge in [-0.1, -0.05) is 71.4 Å². The van der Waals surface area contributed by atoms with Crippen LogP contribution in [-0.2, 0) is 39.1 Å². The minimum atomic E-state index is -0.408. The van der Waals surface area contributed by atoms with Crippen molar-refractivity contribution in [1.82, 2.24) is 0 Å². The van der Waals surface area contributed by atoms with Crippen molar-refractivity contribution in [3.8, 4) is 0 Å². The zero-order valence-electron chi connectivity index (χ0n) is 13.3. The van der Waals surface area contributed by atoms with Crippen molar-refractivity contribution >= 4 is 0 Å². The first kappa shape index (κ1) is 21.6. The number of aryl methyl sites for hydroxylation is 1. The second-order valence-corrected chi connectivity index (χ2v) is 5.20. The van der Waals surface area contributed by atoms with E-state index < -0.39 is 5.60 Å². The molecule has 0 aromatic heterocycles. The largest absolute Gasteiger partial charge is 0.390 e. The summed E-state index contributed by atoms with van der Waals surface area (Å²) in [5.74, 6) is 0.387. The Balaban J connectivity index is 0. The van der Waals surface area contributed by atoms with E-state index in [1.807, 2.05) is 6.07 Å². The zero-order chi connectivity index (χ0) is 14.0. The molecule has 0 saturated carbocycles. The molecular weight excluding hydrogens is 309 g/mol. The van der Waals surface area contributed by atoms with Gasteiger partial charge >= 0.3 is 0 Å². The summed E-state index contributed by atoms with van der Waals surface area (Å²) in [6, 6.07) is 10.5. The molecule has 0 aliphatic heterocycles. The van der Waals surface area contributed by atoms with Crippen LogP contribution in [0.3, 0.4) is 0 Å². The van der Waals surface area contributed by atoms with E-state index in [-0.39, 0.29) is 32.7 Å². The second-order valence-electron chi connectivity index (χ2n) is 5.20. The average Bonchev–Trinajstić information content (AvgIpc) is 2.40. The molecule has 0 saturated heterocycles. The minimum absolute atomic E-state index is 0. The van der Waals surface area contributed by atoms with Gasteiger partial charge in [-0.15, -0.1) is 0 Å². The van der Waals surface area contributed by atoms with Crippen molar-refractivity contribution in [1.29, 1.82) is 0 Å². The molecule has 1 rings (SSSR count). The molecule has 1 N–H and O–H groups in total. The summed E-state index contributed by atoms with van der Waals surface area (Å²) in [6.45, 7) is 10.5. The molecule has 1 aromatic rings. The third-order valence-electron chi connectivity index (χ3n) is 3.62. The van der Waals surface area contributed by atoms with Gasteiger partial charge in [-0.3, -0.25) is 0 Å². The summed E-state index contributed by atoms with van der Waals surface area (Å²) in [5.41, 5.74) is 1.00. The van der Waals surface area contributed by atoms with Gasteiger partial charge in [0.25, 0.3) is 0 Å². The van der Waals surface area contributed by atoms with Gasteiger partial charge in [-0.05, 0) is 30.7 Å². The van der Waals surface area contributed by atoms with Crippen molar-refractivity contribution in [2.24, 2.45) is 5.92 Å². The van der Waals surface area contributed by atoms with E-state index in [0.29, 0.717) is 5.92 Å². The second kappa shape index (κ2) is 12.1. The maximum atomic E-state index is 9.90. The van der Waals surface area contributed by atoms with Crippen LogP contribution in [0.15, 0.2) is 30.3 Å². The first-order valence-corrected chi connectivity index (χ1v) is 7.26. The minimum Gasteiger partial charge on any atom is -0.390 e. The van der Waals surface area contributed by atoms with Crippen molar-refractivity contribution < 1.29 is 37.8 Å². The molecule has 0 fully saturated rings. The molecule has 0 heterocycles. The number of aliphatic hydroxyl groups is 1. The van der Waals surface area contributed by atoms with Crippen molar-refractivity contribution in [3.63, 3.8) is 0 Å². The average molecular weight is 339 g/mol. The SMILES string of the molecule is CCCC(O)(CC)C(C)C.CCc1ccccc1.[Y]. The standard InChI is InChI=1S/C9H20O.C8H10.Y/c1-5-7-9(10,6-2)8(3)4;1-2-8-6-4-3-5-7-8;/h8,10H,5-7H2,1-4H3;3-7H,2H2,1H3;. The van der Waals surface area contributed by atoms with Gasteiger partial charge in [0.1, 0.15) is 0 Å². The van der Waals surface area contributed by atoms with E-state index in [1.54, 1.807) is 0 Å². The normalized spacial score (nSPS) is 13.0. The number of hydrogen-bond acceptors (Lipinski definition) is 1. The van der Waals surface area contributed by atoms with Crippen molar-refractivity contribution in [2.75, 3.05) is 0 Å². The summed E-state index contributed by atoms with van der Waals surface area (Å²) < 4.78 is 0. The molecule has 0 spiro atoms. The van der Waals surface area contributed by atoms with Crippen LogP contribution in [0.25, 0.3) is 0 Å². The van der Waals surface area contributed by atoms with Crippen LogP contribution in [0.5, 0.6) is 0 Å². The zero-order valence-corrected chi connectivity index (χ0v) is 16.2. The molecule has 107 valence electrons. The molecule has 1 unspecified atom stereocenters. The Labute approximate surface area is 145 Å². The third-order valence-corrected chi connectivity index (χ3v) is 3.62. The first-order chi connectivity index (χ1) is 8.50. The fraction of sp³-hybridized carbons (Fsp3) is 0.647. The van der Waals surface area contributed by atoms with Crippen LogP contribution in [0.2, 0.25) is 0 Å². The fourth-order valence-corrected chi connectivity index (χ4v) is 2.02. The molecule has 0 aliphatic rings. The number of benzene rings is 1. The smallest absolute Gasteiger partial charge is 0.0667 e. The predicted molar refractivity (Wildman–Crippen MR) is 80.8 cm³/mol. The van der Waals surface area contributed by atoms with E-state index in [1.165, 1.54) is 5.56 Å². The molecule has 0 bridgehead atoms. The fourth-order valence-electron chi connectivity index (χ4n) is 2.02. The van der Waals surface area contributed by atoms with Crippen LogP contribution in [-0.4, -0.2) is 10.7 Å². The third kappa shape index (κ3) is 8.94. The van der Waals surface area contributed by atoms with Gasteiger partial charge in [0.05, 0.1) is 5.60 Å². The summed E-state index contributed by atoms with van der Waals surface area (Å²) in [6.07, 6.45) is 4.02. The monoisotopic (exact) mass is 339 g/mol. The molecule has 1 radical (unpaired) electrons. The van der Waals surface area contributed by atoms with Gasteiger partial charge in [0.15, 0.2) is 0 Å². The van der Waals surface area contributed by atoms with E-state index in [0.717, 1.165) is 25.7 Å². The van der Waals surface area contributed by atoms with Crippen molar-refractivity contribution in [3.05, 3.63) is 35.9 Å². The van der Waals surface area contributed by atoms with E-state index in [9.17, 15) is 5.11 Å². The van der Waals surface area contributed by atoms with E-state index in [2.05, 4.69) is 58.9 Å². The van der Waals surface area contributed by atoms with Gasteiger partial charge in [0, 0.05) is 32.7 Å².